The highest BCUT2D eigenvalue weighted by Crippen LogP contribution is 2.39. The van der Waals surface area contributed by atoms with Gasteiger partial charge in [-0.2, -0.15) is 13.2 Å². The SMILES string of the molecule is CC[C@H](Oc1ccc(C(=O)OC)cc1F)c1cc2c(=O)[nH]c(C)nc2cc1C(F)(F)F. The number of carbonyl (C=O) groups is 1. The molecular weight excluding hydrogens is 420 g/mol. The van der Waals surface area contributed by atoms with Crippen molar-refractivity contribution in [1.29, 1.82) is 0 Å². The van der Waals surface area contributed by atoms with E-state index < -0.39 is 35.2 Å². The number of aryl methyl sites for hydroxylation is 1. The molecule has 0 bridgehead atoms. The summed E-state index contributed by atoms with van der Waals surface area (Å²) in [4.78, 5) is 30.2. The number of methoxy groups -OCH3 is 1. The average Bonchev–Trinajstić information content (AvgIpc) is 2.70. The van der Waals surface area contributed by atoms with Crippen LogP contribution in [0.4, 0.5) is 17.6 Å². The number of benzene rings is 2. The van der Waals surface area contributed by atoms with Gasteiger partial charge in [-0.15, -0.1) is 0 Å². The summed E-state index contributed by atoms with van der Waals surface area (Å²) in [5, 5.41) is -0.0443. The van der Waals surface area contributed by atoms with Crippen molar-refractivity contribution in [3.63, 3.8) is 0 Å². The van der Waals surface area contributed by atoms with Crippen molar-refractivity contribution >= 4 is 16.9 Å². The monoisotopic (exact) mass is 438 g/mol. The molecule has 1 N–H and O–H groups in total. The number of hydrogen-bond acceptors (Lipinski definition) is 5. The Labute approximate surface area is 173 Å². The summed E-state index contributed by atoms with van der Waals surface area (Å²) in [6.45, 7) is 3.02. The molecule has 2 aromatic carbocycles. The highest BCUT2D eigenvalue weighted by atomic mass is 19.4. The van der Waals surface area contributed by atoms with Crippen molar-refractivity contribution in [1.82, 2.24) is 9.97 Å². The van der Waals surface area contributed by atoms with Crippen molar-refractivity contribution in [2.45, 2.75) is 32.5 Å². The quantitative estimate of drug-likeness (QED) is 0.461. The topological polar surface area (TPSA) is 81.3 Å². The Morgan fingerprint density at radius 1 is 1.23 bits per heavy atom. The molecule has 1 aromatic heterocycles. The van der Waals surface area contributed by atoms with E-state index in [1.807, 2.05) is 0 Å². The van der Waals surface area contributed by atoms with Gasteiger partial charge in [0.15, 0.2) is 11.6 Å². The second-order valence-electron chi connectivity index (χ2n) is 6.76. The van der Waals surface area contributed by atoms with Crippen LogP contribution in [0.1, 0.15) is 46.8 Å². The zero-order chi connectivity index (χ0) is 22.9. The molecule has 3 rings (SSSR count). The molecule has 31 heavy (non-hydrogen) atoms. The van der Waals surface area contributed by atoms with Crippen LogP contribution in [-0.2, 0) is 10.9 Å². The maximum Gasteiger partial charge on any atom is 0.416 e. The van der Waals surface area contributed by atoms with Gasteiger partial charge in [0.05, 0.1) is 29.1 Å². The van der Waals surface area contributed by atoms with E-state index >= 15 is 0 Å². The Hall–Kier alpha value is -3.43. The van der Waals surface area contributed by atoms with Gasteiger partial charge in [0, 0.05) is 5.56 Å². The Bertz CT molecular complexity index is 1200. The van der Waals surface area contributed by atoms with Gasteiger partial charge in [-0.05, 0) is 43.7 Å². The predicted molar refractivity (Wildman–Crippen MR) is 104 cm³/mol. The lowest BCUT2D eigenvalue weighted by Gasteiger charge is -2.23. The first-order valence-corrected chi connectivity index (χ1v) is 9.21. The van der Waals surface area contributed by atoms with Gasteiger partial charge in [0.25, 0.3) is 5.56 Å². The Kier molecular flexibility index (Phi) is 6.01. The van der Waals surface area contributed by atoms with E-state index in [0.29, 0.717) is 0 Å². The summed E-state index contributed by atoms with van der Waals surface area (Å²) in [6.07, 6.45) is -5.93. The number of alkyl halides is 3. The van der Waals surface area contributed by atoms with Crippen molar-refractivity contribution in [3.05, 3.63) is 69.0 Å². The summed E-state index contributed by atoms with van der Waals surface area (Å²) >= 11 is 0. The Balaban J connectivity index is 2.11. The van der Waals surface area contributed by atoms with Crippen molar-refractivity contribution < 1.29 is 31.8 Å². The number of ether oxygens (including phenoxy) is 2. The maximum absolute atomic E-state index is 14.4. The third-order valence-electron chi connectivity index (χ3n) is 4.64. The molecule has 0 aliphatic rings. The number of H-pyrrole nitrogens is 1. The molecule has 0 amide bonds. The van der Waals surface area contributed by atoms with Gasteiger partial charge in [-0.25, -0.2) is 14.2 Å². The van der Waals surface area contributed by atoms with Gasteiger partial charge in [0.2, 0.25) is 0 Å². The molecule has 164 valence electrons. The van der Waals surface area contributed by atoms with Crippen LogP contribution in [0.5, 0.6) is 5.75 Å². The van der Waals surface area contributed by atoms with Gasteiger partial charge < -0.3 is 14.5 Å². The molecule has 0 saturated carbocycles. The number of carbonyl (C=O) groups excluding carboxylic acids is 1. The Morgan fingerprint density at radius 2 is 1.94 bits per heavy atom. The molecule has 0 aliphatic heterocycles. The molecular formula is C21H18F4N2O4. The highest BCUT2D eigenvalue weighted by Gasteiger charge is 2.36. The fraction of sp³-hybridized carbons (Fsp3) is 0.286. The maximum atomic E-state index is 14.4. The van der Waals surface area contributed by atoms with Crippen molar-refractivity contribution in [2.24, 2.45) is 0 Å². The second-order valence-corrected chi connectivity index (χ2v) is 6.76. The number of nitrogens with one attached hydrogen (secondary N) is 1. The largest absolute Gasteiger partial charge is 0.483 e. The van der Waals surface area contributed by atoms with Gasteiger partial charge in [0.1, 0.15) is 11.9 Å². The lowest BCUT2D eigenvalue weighted by Crippen LogP contribution is -2.18. The number of halogens is 4. The van der Waals surface area contributed by atoms with Crippen LogP contribution >= 0.6 is 0 Å². The van der Waals surface area contributed by atoms with Gasteiger partial charge >= 0.3 is 12.1 Å². The predicted octanol–water partition coefficient (Wildman–Crippen LogP) is 4.71. The zero-order valence-electron chi connectivity index (χ0n) is 16.8. The normalized spacial score (nSPS) is 12.6. The molecule has 3 aromatic rings. The molecule has 0 saturated heterocycles. The fourth-order valence-corrected chi connectivity index (χ4v) is 3.19. The number of esters is 1. The minimum absolute atomic E-state index is 0.0443. The minimum Gasteiger partial charge on any atom is -0.483 e. The molecule has 0 radical (unpaired) electrons. The van der Waals surface area contributed by atoms with Crippen LogP contribution < -0.4 is 10.3 Å². The summed E-state index contributed by atoms with van der Waals surface area (Å²) in [6, 6.07) is 5.10. The van der Waals surface area contributed by atoms with Gasteiger partial charge in [-0.1, -0.05) is 6.92 Å². The molecule has 0 aliphatic carbocycles. The lowest BCUT2D eigenvalue weighted by molar-refractivity contribution is -0.139. The standard InChI is InChI=1S/C21H18F4N2O4/c1-4-17(31-18-6-5-11(7-15(18)22)20(29)30-3)12-8-13-16(9-14(12)21(23,24)25)26-10(2)27-19(13)28/h5-9,17H,4H2,1-3H3,(H,26,27,28)/t17-/m0/s1. The van der Waals surface area contributed by atoms with Crippen LogP contribution in [0.15, 0.2) is 35.1 Å². The number of aromatic amines is 1. The van der Waals surface area contributed by atoms with Crippen LogP contribution in [0.25, 0.3) is 10.9 Å². The highest BCUT2D eigenvalue weighted by molar-refractivity contribution is 5.89. The second kappa shape index (κ2) is 8.37. The molecule has 0 fully saturated rings. The third-order valence-corrected chi connectivity index (χ3v) is 4.64. The first-order chi connectivity index (χ1) is 14.5. The lowest BCUT2D eigenvalue weighted by atomic mass is 9.97. The zero-order valence-corrected chi connectivity index (χ0v) is 16.8. The average molecular weight is 438 g/mol. The Morgan fingerprint density at radius 3 is 2.52 bits per heavy atom. The van der Waals surface area contributed by atoms with Crippen LogP contribution in [0, 0.1) is 12.7 Å². The van der Waals surface area contributed by atoms with E-state index in [2.05, 4.69) is 14.7 Å². The van der Waals surface area contributed by atoms with E-state index in [9.17, 15) is 27.2 Å². The first kappa shape index (κ1) is 22.3. The summed E-state index contributed by atoms with van der Waals surface area (Å²) < 4.78 is 65.8. The molecule has 6 nitrogen and oxygen atoms in total. The number of fused-ring (bicyclic) bond motifs is 1. The van der Waals surface area contributed by atoms with Crippen molar-refractivity contribution in [3.8, 4) is 5.75 Å². The molecule has 10 heteroatoms. The van der Waals surface area contributed by atoms with E-state index in [1.54, 1.807) is 6.92 Å². The third kappa shape index (κ3) is 4.52. The smallest absolute Gasteiger partial charge is 0.416 e. The minimum atomic E-state index is -4.76. The van der Waals surface area contributed by atoms with Crippen LogP contribution in [0.3, 0.4) is 0 Å². The number of rotatable bonds is 5. The van der Waals surface area contributed by atoms with E-state index in [1.165, 1.54) is 13.0 Å². The summed E-state index contributed by atoms with van der Waals surface area (Å²) in [5.74, 6) is -1.88. The van der Waals surface area contributed by atoms with E-state index in [-0.39, 0.29) is 40.0 Å². The van der Waals surface area contributed by atoms with E-state index in [0.717, 1.165) is 31.4 Å². The number of hydrogen-bond donors (Lipinski definition) is 1. The van der Waals surface area contributed by atoms with Crippen LogP contribution in [0.2, 0.25) is 0 Å². The number of nitrogens with zero attached hydrogens (tertiary/aromatic N) is 1. The van der Waals surface area contributed by atoms with E-state index in [4.69, 9.17) is 4.74 Å². The molecule has 0 spiro atoms. The first-order valence-electron chi connectivity index (χ1n) is 9.21. The van der Waals surface area contributed by atoms with Crippen molar-refractivity contribution in [2.75, 3.05) is 7.11 Å². The van der Waals surface area contributed by atoms with Gasteiger partial charge in [-0.3, -0.25) is 4.79 Å². The molecule has 0 unspecified atom stereocenters. The fourth-order valence-electron chi connectivity index (χ4n) is 3.19. The summed E-state index contributed by atoms with van der Waals surface area (Å²) in [7, 11) is 1.13. The summed E-state index contributed by atoms with van der Waals surface area (Å²) in [5.41, 5.74) is -2.14. The molecule has 1 heterocycles. The molecule has 1 atom stereocenters. The number of aromatic nitrogens is 2. The van der Waals surface area contributed by atoms with Crippen LogP contribution in [-0.4, -0.2) is 23.0 Å².